The Bertz CT molecular complexity index is 833. The van der Waals surface area contributed by atoms with Crippen LogP contribution in [0.5, 0.6) is 0 Å². The average molecular weight is 405 g/mol. The Hall–Kier alpha value is -2.54. The maximum absolute atomic E-state index is 13.0. The van der Waals surface area contributed by atoms with Gasteiger partial charge in [-0.1, -0.05) is 36.4 Å². The number of rotatable bonds is 6. The zero-order valence-electron chi connectivity index (χ0n) is 16.5. The molecule has 2 N–H and O–H groups in total. The van der Waals surface area contributed by atoms with Crippen molar-refractivity contribution in [2.75, 3.05) is 32.4 Å². The van der Waals surface area contributed by atoms with Gasteiger partial charge in [-0.15, -0.1) is 0 Å². The number of amides is 1. The quantitative estimate of drug-likeness (QED) is 0.736. The van der Waals surface area contributed by atoms with Crippen molar-refractivity contribution in [3.63, 3.8) is 0 Å². The molecule has 156 valence electrons. The molecule has 0 spiro atoms. The first kappa shape index (κ1) is 21.2. The van der Waals surface area contributed by atoms with Gasteiger partial charge in [0.1, 0.15) is 0 Å². The summed E-state index contributed by atoms with van der Waals surface area (Å²) in [6.45, 7) is 2.75. The van der Waals surface area contributed by atoms with Crippen LogP contribution in [0.2, 0.25) is 0 Å². The Labute approximate surface area is 169 Å². The fourth-order valence-corrected chi connectivity index (χ4v) is 3.73. The molecule has 1 amide bonds. The molecule has 1 atom stereocenters. The monoisotopic (exact) mass is 405 g/mol. The molecular weight excluding hydrogens is 379 g/mol. The van der Waals surface area contributed by atoms with Crippen molar-refractivity contribution in [3.05, 3.63) is 65.2 Å². The Kier molecular flexibility index (Phi) is 6.47. The van der Waals surface area contributed by atoms with Gasteiger partial charge in [0.2, 0.25) is 5.91 Å². The van der Waals surface area contributed by atoms with Crippen LogP contribution in [-0.2, 0) is 17.4 Å². The number of hydrogen-bond acceptors (Lipinski definition) is 3. The van der Waals surface area contributed by atoms with E-state index in [0.717, 1.165) is 50.2 Å². The normalized spacial score (nSPS) is 16.0. The number of carbonyl (C=O) groups is 1. The fraction of sp³-hybridized carbons (Fsp3) is 0.409. The molecule has 3 rings (SSSR count). The second kappa shape index (κ2) is 8.86. The maximum Gasteiger partial charge on any atom is 0.416 e. The Morgan fingerprint density at radius 1 is 1.14 bits per heavy atom. The lowest BCUT2D eigenvalue weighted by Crippen LogP contribution is -2.39. The Morgan fingerprint density at radius 2 is 1.79 bits per heavy atom. The van der Waals surface area contributed by atoms with Crippen molar-refractivity contribution in [2.24, 2.45) is 0 Å². The van der Waals surface area contributed by atoms with E-state index in [0.29, 0.717) is 5.56 Å². The summed E-state index contributed by atoms with van der Waals surface area (Å²) in [5.41, 5.74) is 6.42. The highest BCUT2D eigenvalue weighted by Gasteiger charge is 2.31. The molecule has 1 heterocycles. The number of hydrogen-bond donors (Lipinski definition) is 1. The number of likely N-dealkylation sites (tertiary alicyclic amines) is 1. The van der Waals surface area contributed by atoms with Gasteiger partial charge in [0.25, 0.3) is 0 Å². The molecule has 0 aromatic heterocycles. The zero-order chi connectivity index (χ0) is 21.0. The third-order valence-electron chi connectivity index (χ3n) is 5.49. The largest absolute Gasteiger partial charge is 0.416 e. The molecule has 0 aliphatic carbocycles. The number of anilines is 1. The second-order valence-electron chi connectivity index (χ2n) is 7.53. The number of likely N-dealkylation sites (N-methyl/N-ethyl adjacent to an activating group) is 1. The first-order chi connectivity index (χ1) is 13.8. The van der Waals surface area contributed by atoms with Gasteiger partial charge in [0.15, 0.2) is 0 Å². The van der Waals surface area contributed by atoms with Crippen LogP contribution in [0.15, 0.2) is 48.5 Å². The van der Waals surface area contributed by atoms with Crippen molar-refractivity contribution in [2.45, 2.75) is 31.5 Å². The van der Waals surface area contributed by atoms with Crippen molar-refractivity contribution in [1.82, 2.24) is 9.80 Å². The van der Waals surface area contributed by atoms with Crippen molar-refractivity contribution < 1.29 is 18.0 Å². The van der Waals surface area contributed by atoms with Crippen LogP contribution in [0.25, 0.3) is 0 Å². The first-order valence-electron chi connectivity index (χ1n) is 9.74. The van der Waals surface area contributed by atoms with Crippen molar-refractivity contribution >= 4 is 11.6 Å². The third kappa shape index (κ3) is 5.29. The summed E-state index contributed by atoms with van der Waals surface area (Å²) in [7, 11) is 1.75. The number of benzene rings is 2. The van der Waals surface area contributed by atoms with Gasteiger partial charge in [-0.2, -0.15) is 13.2 Å². The standard InChI is InChI=1S/C22H26F3N3O/c1-27(20(15-28-11-5-6-12-28)16-7-3-2-4-8-16)21(29)13-17-9-10-18(14-19(17)26)22(23,24)25/h2-4,7-10,14,20H,5-6,11-13,15,26H2,1H3/t20-/m1/s1. The minimum absolute atomic E-state index is 0.0163. The maximum atomic E-state index is 13.0. The van der Waals surface area contributed by atoms with E-state index in [1.807, 2.05) is 30.3 Å². The summed E-state index contributed by atoms with van der Waals surface area (Å²) in [5, 5.41) is 0. The minimum Gasteiger partial charge on any atom is -0.398 e. The summed E-state index contributed by atoms with van der Waals surface area (Å²) in [6, 6.07) is 12.8. The third-order valence-corrected chi connectivity index (χ3v) is 5.49. The van der Waals surface area contributed by atoms with Crippen LogP contribution in [0.1, 0.15) is 35.6 Å². The second-order valence-corrected chi connectivity index (χ2v) is 7.53. The summed E-state index contributed by atoms with van der Waals surface area (Å²) in [5.74, 6) is -0.176. The van der Waals surface area contributed by atoms with Crippen LogP contribution in [-0.4, -0.2) is 42.4 Å². The fourth-order valence-electron chi connectivity index (χ4n) is 3.73. The molecule has 2 aromatic carbocycles. The highest BCUT2D eigenvalue weighted by molar-refractivity contribution is 5.80. The summed E-state index contributed by atoms with van der Waals surface area (Å²) in [6.07, 6.45) is -2.19. The number of halogens is 3. The number of carbonyl (C=O) groups excluding carboxylic acids is 1. The highest BCUT2D eigenvalue weighted by Crippen LogP contribution is 2.32. The lowest BCUT2D eigenvalue weighted by molar-refractivity contribution is -0.137. The van der Waals surface area contributed by atoms with Crippen LogP contribution in [0.3, 0.4) is 0 Å². The molecule has 0 bridgehead atoms. The molecule has 1 saturated heterocycles. The Balaban J connectivity index is 1.77. The smallest absolute Gasteiger partial charge is 0.398 e. The molecular formula is C22H26F3N3O. The van der Waals surface area contributed by atoms with Gasteiger partial charge < -0.3 is 15.5 Å². The van der Waals surface area contributed by atoms with E-state index in [2.05, 4.69) is 4.90 Å². The lowest BCUT2D eigenvalue weighted by Gasteiger charge is -2.32. The molecule has 7 heteroatoms. The van der Waals surface area contributed by atoms with E-state index < -0.39 is 11.7 Å². The van der Waals surface area contributed by atoms with E-state index >= 15 is 0 Å². The molecule has 1 aliphatic rings. The molecule has 1 aliphatic heterocycles. The molecule has 2 aromatic rings. The number of nitrogen functional groups attached to an aromatic ring is 1. The van der Waals surface area contributed by atoms with Gasteiger partial charge in [-0.3, -0.25) is 4.79 Å². The van der Waals surface area contributed by atoms with Gasteiger partial charge in [-0.05, 0) is 49.2 Å². The van der Waals surface area contributed by atoms with Crippen molar-refractivity contribution in [1.29, 1.82) is 0 Å². The van der Waals surface area contributed by atoms with Crippen LogP contribution in [0.4, 0.5) is 18.9 Å². The van der Waals surface area contributed by atoms with Crippen LogP contribution in [0, 0.1) is 0 Å². The highest BCUT2D eigenvalue weighted by atomic mass is 19.4. The zero-order valence-corrected chi connectivity index (χ0v) is 16.5. The van der Waals surface area contributed by atoms with Crippen LogP contribution >= 0.6 is 0 Å². The predicted octanol–water partition coefficient (Wildman–Crippen LogP) is 4.13. The number of nitrogens with zero attached hydrogens (tertiary/aromatic N) is 2. The molecule has 29 heavy (non-hydrogen) atoms. The van der Waals surface area contributed by atoms with Gasteiger partial charge in [-0.25, -0.2) is 0 Å². The predicted molar refractivity (Wildman–Crippen MR) is 107 cm³/mol. The topological polar surface area (TPSA) is 49.6 Å². The SMILES string of the molecule is CN(C(=O)Cc1ccc(C(F)(F)F)cc1N)[C@H](CN1CCCC1)c1ccccc1. The molecule has 4 nitrogen and oxygen atoms in total. The first-order valence-corrected chi connectivity index (χ1v) is 9.74. The van der Waals surface area contributed by atoms with Gasteiger partial charge >= 0.3 is 6.18 Å². The van der Waals surface area contributed by atoms with E-state index in [9.17, 15) is 18.0 Å². The van der Waals surface area contributed by atoms with Crippen molar-refractivity contribution in [3.8, 4) is 0 Å². The number of alkyl halides is 3. The molecule has 0 radical (unpaired) electrons. The van der Waals surface area contributed by atoms with Crippen LogP contribution < -0.4 is 5.73 Å². The molecule has 0 unspecified atom stereocenters. The summed E-state index contributed by atoms with van der Waals surface area (Å²) < 4.78 is 38.5. The summed E-state index contributed by atoms with van der Waals surface area (Å²) in [4.78, 5) is 17.0. The lowest BCUT2D eigenvalue weighted by atomic mass is 10.0. The number of nitrogens with two attached hydrogens (primary N) is 1. The van der Waals surface area contributed by atoms with Gasteiger partial charge in [0.05, 0.1) is 18.0 Å². The average Bonchev–Trinajstić information content (AvgIpc) is 3.20. The summed E-state index contributed by atoms with van der Waals surface area (Å²) >= 11 is 0. The van der Waals surface area contributed by atoms with E-state index in [1.165, 1.54) is 6.07 Å². The minimum atomic E-state index is -4.46. The Morgan fingerprint density at radius 3 is 2.38 bits per heavy atom. The molecule has 1 fully saturated rings. The molecule has 0 saturated carbocycles. The van der Waals surface area contributed by atoms with E-state index in [1.54, 1.807) is 11.9 Å². The van der Waals surface area contributed by atoms with E-state index in [-0.39, 0.29) is 24.1 Å². The van der Waals surface area contributed by atoms with E-state index in [4.69, 9.17) is 5.73 Å². The van der Waals surface area contributed by atoms with Gasteiger partial charge in [0, 0.05) is 19.3 Å².